The molecule has 0 amide bonds. The third kappa shape index (κ3) is 5.28. The molecule has 0 radical (unpaired) electrons. The van der Waals surface area contributed by atoms with Gasteiger partial charge in [-0.15, -0.1) is 0 Å². The molecular formula is C28H34N8O. The number of morpholine rings is 1. The number of nitrogens with one attached hydrogen (secondary N) is 1. The third-order valence-corrected chi connectivity index (χ3v) is 7.56. The molecule has 0 unspecified atom stereocenters. The maximum Gasteiger partial charge on any atom is 0.161 e. The third-order valence-electron chi connectivity index (χ3n) is 7.56. The number of anilines is 1. The summed E-state index contributed by atoms with van der Waals surface area (Å²) in [4.78, 5) is 12.4. The van der Waals surface area contributed by atoms with E-state index in [0.717, 1.165) is 72.8 Å². The van der Waals surface area contributed by atoms with E-state index in [1.165, 1.54) is 12.8 Å². The SMILES string of the molecule is Cn1cc(-c2cccc(-c3ncc(-c4cnn(C)c4)c(NC4CCC(N5CCOCC5)CC4)n3)c2)cn1. The molecule has 4 heterocycles. The van der Waals surface area contributed by atoms with E-state index >= 15 is 0 Å². The van der Waals surface area contributed by atoms with Crippen molar-refractivity contribution >= 4 is 5.82 Å². The van der Waals surface area contributed by atoms with Crippen molar-refractivity contribution in [3.63, 3.8) is 0 Å². The summed E-state index contributed by atoms with van der Waals surface area (Å²) in [5.74, 6) is 1.59. The number of aryl methyl sites for hydroxylation is 2. The fraction of sp³-hybridized carbons (Fsp3) is 0.429. The van der Waals surface area contributed by atoms with Gasteiger partial charge in [0.15, 0.2) is 5.82 Å². The Hall–Kier alpha value is -3.56. The maximum absolute atomic E-state index is 5.55. The standard InChI is InChI=1S/C28H34N8O/c1-34-18-22(15-30-34)20-4-3-5-21(14-20)27-29-17-26(23-16-31-35(2)19-23)28(33-27)32-24-6-8-25(9-7-24)36-10-12-37-13-11-36/h3-5,14-19,24-25H,6-13H2,1-2H3,(H,29,32,33). The van der Waals surface area contributed by atoms with Crippen molar-refractivity contribution < 1.29 is 4.74 Å². The minimum absolute atomic E-state index is 0.386. The molecule has 1 saturated carbocycles. The Balaban J connectivity index is 1.26. The van der Waals surface area contributed by atoms with Gasteiger partial charge in [-0.2, -0.15) is 10.2 Å². The van der Waals surface area contributed by atoms with E-state index in [4.69, 9.17) is 14.7 Å². The van der Waals surface area contributed by atoms with Gasteiger partial charge in [-0.05, 0) is 37.3 Å². The largest absolute Gasteiger partial charge is 0.379 e. The van der Waals surface area contributed by atoms with Crippen LogP contribution in [0, 0.1) is 0 Å². The van der Waals surface area contributed by atoms with Crippen LogP contribution in [0.25, 0.3) is 33.6 Å². The van der Waals surface area contributed by atoms with Crippen molar-refractivity contribution in [1.29, 1.82) is 0 Å². The first-order chi connectivity index (χ1) is 18.1. The van der Waals surface area contributed by atoms with Crippen molar-refractivity contribution in [1.82, 2.24) is 34.4 Å². The summed E-state index contributed by atoms with van der Waals surface area (Å²) in [7, 11) is 3.86. The Kier molecular flexibility index (Phi) is 6.72. The Bertz CT molecular complexity index is 1350. The highest BCUT2D eigenvalue weighted by molar-refractivity contribution is 5.76. The lowest BCUT2D eigenvalue weighted by Crippen LogP contribution is -2.46. The van der Waals surface area contributed by atoms with Crippen molar-refractivity contribution in [3.8, 4) is 33.6 Å². The van der Waals surface area contributed by atoms with Crippen LogP contribution in [0.2, 0.25) is 0 Å². The topological polar surface area (TPSA) is 85.9 Å². The fourth-order valence-corrected chi connectivity index (χ4v) is 5.53. The molecule has 9 heteroatoms. The maximum atomic E-state index is 5.55. The first kappa shape index (κ1) is 23.8. The molecule has 1 N–H and O–H groups in total. The number of hydrogen-bond donors (Lipinski definition) is 1. The van der Waals surface area contributed by atoms with Crippen molar-refractivity contribution in [2.75, 3.05) is 31.6 Å². The van der Waals surface area contributed by atoms with Gasteiger partial charge >= 0.3 is 0 Å². The first-order valence-electron chi connectivity index (χ1n) is 13.2. The summed E-state index contributed by atoms with van der Waals surface area (Å²) in [6, 6.07) is 9.39. The molecule has 1 saturated heterocycles. The van der Waals surface area contributed by atoms with Crippen molar-refractivity contribution in [2.45, 2.75) is 37.8 Å². The van der Waals surface area contributed by atoms with Crippen LogP contribution < -0.4 is 5.32 Å². The van der Waals surface area contributed by atoms with Crippen LogP contribution in [-0.2, 0) is 18.8 Å². The quantitative estimate of drug-likeness (QED) is 0.430. The number of benzene rings is 1. The second-order valence-corrected chi connectivity index (χ2v) is 10.1. The van der Waals surface area contributed by atoms with E-state index in [1.54, 1.807) is 0 Å². The van der Waals surface area contributed by atoms with Crippen molar-refractivity contribution in [2.24, 2.45) is 14.1 Å². The zero-order valence-electron chi connectivity index (χ0n) is 21.5. The van der Waals surface area contributed by atoms with Crippen LogP contribution in [0.3, 0.4) is 0 Å². The van der Waals surface area contributed by atoms with Gasteiger partial charge in [-0.25, -0.2) is 9.97 Å². The van der Waals surface area contributed by atoms with E-state index in [1.807, 2.05) is 54.4 Å². The Morgan fingerprint density at radius 1 is 0.838 bits per heavy atom. The van der Waals surface area contributed by atoms with Gasteiger partial charge in [0.1, 0.15) is 5.82 Å². The molecule has 192 valence electrons. The zero-order valence-corrected chi connectivity index (χ0v) is 21.5. The van der Waals surface area contributed by atoms with E-state index in [2.05, 4.69) is 44.7 Å². The van der Waals surface area contributed by atoms with E-state index < -0.39 is 0 Å². The molecule has 2 aliphatic rings. The molecule has 3 aromatic heterocycles. The fourth-order valence-electron chi connectivity index (χ4n) is 5.53. The van der Waals surface area contributed by atoms with Gasteiger partial charge in [0, 0.05) is 80.1 Å². The molecular weight excluding hydrogens is 464 g/mol. The lowest BCUT2D eigenvalue weighted by Gasteiger charge is -2.39. The molecule has 0 spiro atoms. The van der Waals surface area contributed by atoms with Gasteiger partial charge in [-0.1, -0.05) is 18.2 Å². The molecule has 9 nitrogen and oxygen atoms in total. The number of rotatable bonds is 6. The molecule has 1 aliphatic heterocycles. The van der Waals surface area contributed by atoms with Gasteiger partial charge in [-0.3, -0.25) is 14.3 Å². The highest BCUT2D eigenvalue weighted by atomic mass is 16.5. The second kappa shape index (κ2) is 10.4. The van der Waals surface area contributed by atoms with Crippen LogP contribution in [0.4, 0.5) is 5.82 Å². The van der Waals surface area contributed by atoms with E-state index in [-0.39, 0.29) is 0 Å². The molecule has 1 aliphatic carbocycles. The smallest absolute Gasteiger partial charge is 0.161 e. The molecule has 0 bridgehead atoms. The lowest BCUT2D eigenvalue weighted by molar-refractivity contribution is 0.00791. The number of nitrogens with zero attached hydrogens (tertiary/aromatic N) is 7. The van der Waals surface area contributed by atoms with Gasteiger partial charge in [0.2, 0.25) is 0 Å². The molecule has 2 fully saturated rings. The minimum Gasteiger partial charge on any atom is -0.379 e. The molecule has 37 heavy (non-hydrogen) atoms. The van der Waals surface area contributed by atoms with Gasteiger partial charge in [0.05, 0.1) is 25.6 Å². The monoisotopic (exact) mass is 498 g/mol. The minimum atomic E-state index is 0.386. The Labute approximate surface area is 217 Å². The van der Waals surface area contributed by atoms with E-state index in [0.29, 0.717) is 17.9 Å². The lowest BCUT2D eigenvalue weighted by atomic mass is 9.89. The number of ether oxygens (including phenoxy) is 1. The van der Waals surface area contributed by atoms with Gasteiger partial charge in [0.25, 0.3) is 0 Å². The number of aromatic nitrogens is 6. The average Bonchev–Trinajstić information content (AvgIpc) is 3.58. The second-order valence-electron chi connectivity index (χ2n) is 10.1. The number of hydrogen-bond acceptors (Lipinski definition) is 7. The van der Waals surface area contributed by atoms with Crippen LogP contribution in [0.15, 0.2) is 55.2 Å². The summed E-state index contributed by atoms with van der Waals surface area (Å²) >= 11 is 0. The summed E-state index contributed by atoms with van der Waals surface area (Å²) < 4.78 is 9.18. The Morgan fingerprint density at radius 2 is 1.54 bits per heavy atom. The molecule has 4 aromatic rings. The van der Waals surface area contributed by atoms with Crippen LogP contribution in [0.5, 0.6) is 0 Å². The zero-order chi connectivity index (χ0) is 25.2. The summed E-state index contributed by atoms with van der Waals surface area (Å²) in [6.07, 6.45) is 14.4. The Morgan fingerprint density at radius 3 is 2.24 bits per heavy atom. The summed E-state index contributed by atoms with van der Waals surface area (Å²) in [5.41, 5.74) is 5.16. The van der Waals surface area contributed by atoms with Crippen LogP contribution in [-0.4, -0.2) is 72.8 Å². The first-order valence-corrected chi connectivity index (χ1v) is 13.2. The molecule has 0 atom stereocenters. The predicted molar refractivity (Wildman–Crippen MR) is 144 cm³/mol. The summed E-state index contributed by atoms with van der Waals surface area (Å²) in [5, 5.41) is 12.5. The molecule has 1 aromatic carbocycles. The average molecular weight is 499 g/mol. The van der Waals surface area contributed by atoms with Crippen LogP contribution in [0.1, 0.15) is 25.7 Å². The molecule has 6 rings (SSSR count). The predicted octanol–water partition coefficient (Wildman–Crippen LogP) is 4.00. The highest BCUT2D eigenvalue weighted by Gasteiger charge is 2.27. The highest BCUT2D eigenvalue weighted by Crippen LogP contribution is 2.32. The van der Waals surface area contributed by atoms with E-state index in [9.17, 15) is 0 Å². The normalized spacial score (nSPS) is 20.7. The van der Waals surface area contributed by atoms with Gasteiger partial charge < -0.3 is 10.1 Å². The van der Waals surface area contributed by atoms with Crippen molar-refractivity contribution in [3.05, 3.63) is 55.2 Å². The summed E-state index contributed by atoms with van der Waals surface area (Å²) in [6.45, 7) is 3.83. The van der Waals surface area contributed by atoms with Crippen LogP contribution >= 0.6 is 0 Å².